The SMILES string of the molecule is COc1ccc2[nH]cc(CCNC(=O)C(=Cc3cn(S(=O)(=O)N(C)C)c4ccccc34)NC(=O)c3ccccc3F)c2c1. The molecule has 0 unspecified atom stereocenters. The zero-order valence-electron chi connectivity index (χ0n) is 23.7. The molecule has 10 nitrogen and oxygen atoms in total. The number of nitrogens with zero attached hydrogens (tertiary/aromatic N) is 2. The highest BCUT2D eigenvalue weighted by Gasteiger charge is 2.22. The maximum Gasteiger partial charge on any atom is 0.307 e. The van der Waals surface area contributed by atoms with E-state index in [9.17, 15) is 22.4 Å². The van der Waals surface area contributed by atoms with Crippen LogP contribution >= 0.6 is 0 Å². The Labute approximate surface area is 247 Å². The number of H-pyrrole nitrogens is 1. The minimum absolute atomic E-state index is 0.181. The Hall–Kier alpha value is -4.94. The van der Waals surface area contributed by atoms with Gasteiger partial charge in [0.1, 0.15) is 17.3 Å². The van der Waals surface area contributed by atoms with Crippen molar-refractivity contribution in [3.05, 3.63) is 107 Å². The Morgan fingerprint density at radius 3 is 2.53 bits per heavy atom. The summed E-state index contributed by atoms with van der Waals surface area (Å²) in [5.41, 5.74) is 2.20. The Morgan fingerprint density at radius 1 is 1.05 bits per heavy atom. The molecule has 0 aliphatic rings. The Balaban J connectivity index is 1.48. The predicted octanol–water partition coefficient (Wildman–Crippen LogP) is 4.05. The molecule has 0 saturated heterocycles. The van der Waals surface area contributed by atoms with Crippen LogP contribution in [0.25, 0.3) is 27.9 Å². The van der Waals surface area contributed by atoms with Crippen molar-refractivity contribution >= 4 is 49.9 Å². The van der Waals surface area contributed by atoms with Crippen LogP contribution in [0.4, 0.5) is 4.39 Å². The van der Waals surface area contributed by atoms with E-state index in [2.05, 4.69) is 15.6 Å². The number of amides is 2. The van der Waals surface area contributed by atoms with E-state index >= 15 is 0 Å². The minimum atomic E-state index is -3.90. The molecular weight excluding hydrogens is 573 g/mol. The first kappa shape index (κ1) is 29.5. The second-order valence-electron chi connectivity index (χ2n) is 9.91. The fourth-order valence-electron chi connectivity index (χ4n) is 4.70. The van der Waals surface area contributed by atoms with Crippen molar-refractivity contribution in [1.82, 2.24) is 23.9 Å². The zero-order chi connectivity index (χ0) is 30.7. The van der Waals surface area contributed by atoms with Gasteiger partial charge in [-0.1, -0.05) is 30.3 Å². The number of fused-ring (bicyclic) bond motifs is 2. The summed E-state index contributed by atoms with van der Waals surface area (Å²) in [6.45, 7) is 0.215. The van der Waals surface area contributed by atoms with Crippen molar-refractivity contribution in [2.24, 2.45) is 0 Å². The molecule has 5 aromatic rings. The van der Waals surface area contributed by atoms with Gasteiger partial charge in [0.25, 0.3) is 11.8 Å². The van der Waals surface area contributed by atoms with E-state index < -0.39 is 27.8 Å². The summed E-state index contributed by atoms with van der Waals surface area (Å²) >= 11 is 0. The third-order valence-corrected chi connectivity index (χ3v) is 8.71. The van der Waals surface area contributed by atoms with Crippen molar-refractivity contribution in [1.29, 1.82) is 0 Å². The lowest BCUT2D eigenvalue weighted by Gasteiger charge is -2.13. The highest BCUT2D eigenvalue weighted by atomic mass is 32.2. The minimum Gasteiger partial charge on any atom is -0.497 e. The number of carbonyl (C=O) groups is 2. The monoisotopic (exact) mass is 603 g/mol. The molecule has 0 radical (unpaired) electrons. The van der Waals surface area contributed by atoms with Gasteiger partial charge < -0.3 is 20.4 Å². The molecule has 2 amide bonds. The Morgan fingerprint density at radius 2 is 1.79 bits per heavy atom. The van der Waals surface area contributed by atoms with Crippen LogP contribution in [0.1, 0.15) is 21.5 Å². The number of aromatic amines is 1. The maximum atomic E-state index is 14.4. The number of hydrogen-bond acceptors (Lipinski definition) is 5. The van der Waals surface area contributed by atoms with E-state index in [0.717, 1.165) is 30.8 Å². The smallest absolute Gasteiger partial charge is 0.307 e. The van der Waals surface area contributed by atoms with Gasteiger partial charge in [-0.15, -0.1) is 0 Å². The standard InChI is InChI=1S/C31H30FN5O5S/c1-36(2)43(40,41)37-19-21(23-8-5-7-11-29(23)37)16-28(35-30(38)24-9-4-6-10-26(24)32)31(39)33-15-14-20-18-34-27-13-12-22(42-3)17-25(20)27/h4-13,16-19,34H,14-15H2,1-3H3,(H,33,39)(H,35,38). The number of carbonyl (C=O) groups excluding carboxylic acids is 2. The molecule has 0 saturated carbocycles. The average Bonchev–Trinajstić information content (AvgIpc) is 3.58. The first-order valence-corrected chi connectivity index (χ1v) is 14.7. The van der Waals surface area contributed by atoms with E-state index in [1.807, 2.05) is 24.4 Å². The average molecular weight is 604 g/mol. The zero-order valence-corrected chi connectivity index (χ0v) is 24.5. The first-order valence-electron chi connectivity index (χ1n) is 13.3. The number of rotatable bonds is 10. The second-order valence-corrected chi connectivity index (χ2v) is 11.9. The quantitative estimate of drug-likeness (QED) is 0.208. The van der Waals surface area contributed by atoms with Gasteiger partial charge in [0.2, 0.25) is 0 Å². The van der Waals surface area contributed by atoms with Crippen LogP contribution in [0.5, 0.6) is 5.75 Å². The molecule has 0 bridgehead atoms. The van der Waals surface area contributed by atoms with Crippen LogP contribution in [0.15, 0.2) is 84.8 Å². The number of methoxy groups -OCH3 is 1. The lowest BCUT2D eigenvalue weighted by atomic mass is 10.1. The summed E-state index contributed by atoms with van der Waals surface area (Å²) in [6.07, 6.45) is 5.08. The van der Waals surface area contributed by atoms with E-state index in [1.54, 1.807) is 31.4 Å². The van der Waals surface area contributed by atoms with E-state index in [1.165, 1.54) is 44.6 Å². The van der Waals surface area contributed by atoms with Gasteiger partial charge in [0.15, 0.2) is 0 Å². The third kappa shape index (κ3) is 6.01. The predicted molar refractivity (Wildman–Crippen MR) is 163 cm³/mol. The molecule has 2 aromatic heterocycles. The highest BCUT2D eigenvalue weighted by molar-refractivity contribution is 7.87. The number of ether oxygens (including phenoxy) is 1. The van der Waals surface area contributed by atoms with Crippen LogP contribution in [-0.2, 0) is 21.4 Å². The summed E-state index contributed by atoms with van der Waals surface area (Å²) in [7, 11) is 0.514. The maximum absolute atomic E-state index is 14.4. The van der Waals surface area contributed by atoms with Crippen LogP contribution < -0.4 is 15.4 Å². The largest absolute Gasteiger partial charge is 0.497 e. The number of hydrogen-bond donors (Lipinski definition) is 3. The number of benzene rings is 3. The van der Waals surface area contributed by atoms with Gasteiger partial charge in [-0.25, -0.2) is 8.36 Å². The molecule has 0 aliphatic carbocycles. The van der Waals surface area contributed by atoms with Crippen LogP contribution in [0.2, 0.25) is 0 Å². The van der Waals surface area contributed by atoms with Crippen molar-refractivity contribution in [2.45, 2.75) is 6.42 Å². The van der Waals surface area contributed by atoms with Crippen LogP contribution in [-0.4, -0.2) is 61.2 Å². The molecule has 3 N–H and O–H groups in total. The van der Waals surface area contributed by atoms with E-state index in [0.29, 0.717) is 28.6 Å². The fourth-order valence-corrected chi connectivity index (χ4v) is 5.71. The van der Waals surface area contributed by atoms with Gasteiger partial charge in [-0.3, -0.25) is 9.59 Å². The van der Waals surface area contributed by atoms with Crippen LogP contribution in [0.3, 0.4) is 0 Å². The summed E-state index contributed by atoms with van der Waals surface area (Å²) in [5, 5.41) is 6.82. The van der Waals surface area contributed by atoms with Crippen molar-refractivity contribution < 1.29 is 27.1 Å². The molecule has 222 valence electrons. The van der Waals surface area contributed by atoms with E-state index in [-0.39, 0.29) is 17.8 Å². The van der Waals surface area contributed by atoms with Crippen LogP contribution in [0, 0.1) is 5.82 Å². The lowest BCUT2D eigenvalue weighted by Crippen LogP contribution is -2.36. The van der Waals surface area contributed by atoms with Gasteiger partial charge in [0.05, 0.1) is 18.2 Å². The normalized spacial score (nSPS) is 12.2. The topological polar surface area (TPSA) is 126 Å². The number of halogens is 1. The molecule has 12 heteroatoms. The molecule has 5 rings (SSSR count). The van der Waals surface area contributed by atoms with Crippen molar-refractivity contribution in [3.8, 4) is 5.75 Å². The molecule has 0 atom stereocenters. The molecule has 43 heavy (non-hydrogen) atoms. The Bertz CT molecular complexity index is 1980. The molecule has 2 heterocycles. The number of aromatic nitrogens is 2. The molecule has 0 spiro atoms. The Kier molecular flexibility index (Phi) is 8.33. The van der Waals surface area contributed by atoms with Gasteiger partial charge in [-0.05, 0) is 54.5 Å². The van der Waals surface area contributed by atoms with Crippen molar-refractivity contribution in [3.63, 3.8) is 0 Å². The third-order valence-electron chi connectivity index (χ3n) is 6.98. The molecular formula is C31H30FN5O5S. The molecule has 3 aromatic carbocycles. The summed E-state index contributed by atoms with van der Waals surface area (Å²) in [5.74, 6) is -1.50. The summed E-state index contributed by atoms with van der Waals surface area (Å²) in [6, 6.07) is 17.9. The van der Waals surface area contributed by atoms with E-state index in [4.69, 9.17) is 4.74 Å². The van der Waals surface area contributed by atoms with Gasteiger partial charge in [0, 0.05) is 54.9 Å². The second kappa shape index (κ2) is 12.1. The van der Waals surface area contributed by atoms with Gasteiger partial charge >= 0.3 is 10.2 Å². The lowest BCUT2D eigenvalue weighted by molar-refractivity contribution is -0.117. The summed E-state index contributed by atoms with van der Waals surface area (Å²) in [4.78, 5) is 29.7. The molecule has 0 aliphatic heterocycles. The number of nitrogens with one attached hydrogen (secondary N) is 3. The van der Waals surface area contributed by atoms with Crippen molar-refractivity contribution in [2.75, 3.05) is 27.7 Å². The fraction of sp³-hybridized carbons (Fsp3) is 0.161. The first-order chi connectivity index (χ1) is 20.6. The molecule has 0 fully saturated rings. The van der Waals surface area contributed by atoms with Gasteiger partial charge in [-0.2, -0.15) is 12.7 Å². The highest BCUT2D eigenvalue weighted by Crippen LogP contribution is 2.26. The summed E-state index contributed by atoms with van der Waals surface area (Å²) < 4.78 is 48.0. The number of para-hydroxylation sites is 1.